The Bertz CT molecular complexity index is 1860. The van der Waals surface area contributed by atoms with Crippen LogP contribution >= 0.6 is 0 Å². The highest BCUT2D eigenvalue weighted by Gasteiger charge is 2.15. The molecule has 2 aromatic heterocycles. The molecule has 5 nitrogen and oxygen atoms in total. The first-order chi connectivity index (χ1) is 19.8. The molecule has 40 heavy (non-hydrogen) atoms. The van der Waals surface area contributed by atoms with Gasteiger partial charge in [-0.25, -0.2) is 24.9 Å². The third-order valence-corrected chi connectivity index (χ3v) is 6.87. The lowest BCUT2D eigenvalue weighted by Gasteiger charge is -2.13. The Morgan fingerprint density at radius 2 is 0.850 bits per heavy atom. The van der Waals surface area contributed by atoms with E-state index >= 15 is 0 Å². The van der Waals surface area contributed by atoms with E-state index in [0.717, 1.165) is 44.2 Å². The minimum atomic E-state index is 0.629. The zero-order valence-corrected chi connectivity index (χ0v) is 21.5. The molecule has 5 aromatic carbocycles. The fourth-order valence-electron chi connectivity index (χ4n) is 4.92. The van der Waals surface area contributed by atoms with Crippen molar-refractivity contribution in [3.8, 4) is 56.7 Å². The highest BCUT2D eigenvalue weighted by Crippen LogP contribution is 2.37. The van der Waals surface area contributed by atoms with Crippen molar-refractivity contribution in [1.82, 2.24) is 24.9 Å². The van der Waals surface area contributed by atoms with Crippen molar-refractivity contribution < 1.29 is 0 Å². The average molecular weight is 514 g/mol. The predicted molar refractivity (Wildman–Crippen MR) is 160 cm³/mol. The van der Waals surface area contributed by atoms with Gasteiger partial charge in [0.15, 0.2) is 23.3 Å². The first kappa shape index (κ1) is 23.6. The molecule has 5 heteroatoms. The van der Waals surface area contributed by atoms with Gasteiger partial charge in [-0.15, -0.1) is 0 Å². The van der Waals surface area contributed by atoms with Gasteiger partial charge >= 0.3 is 0 Å². The molecule has 0 radical (unpaired) electrons. The summed E-state index contributed by atoms with van der Waals surface area (Å²) in [6, 6.07) is 42.9. The summed E-state index contributed by atoms with van der Waals surface area (Å²) in [5.74, 6) is 2.62. The Hall–Kier alpha value is -5.55. The Morgan fingerprint density at radius 3 is 1.45 bits per heavy atom. The van der Waals surface area contributed by atoms with E-state index in [2.05, 4.69) is 70.6 Å². The van der Waals surface area contributed by atoms with Crippen molar-refractivity contribution >= 4 is 10.8 Å². The summed E-state index contributed by atoms with van der Waals surface area (Å²) >= 11 is 0. The van der Waals surface area contributed by atoms with E-state index < -0.39 is 0 Å². The molecule has 0 aliphatic rings. The second-order valence-corrected chi connectivity index (χ2v) is 9.40. The van der Waals surface area contributed by atoms with Gasteiger partial charge in [-0.05, 0) is 28.0 Å². The van der Waals surface area contributed by atoms with Crippen LogP contribution in [0.5, 0.6) is 0 Å². The van der Waals surface area contributed by atoms with Crippen molar-refractivity contribution in [3.63, 3.8) is 0 Å². The number of hydrogen-bond acceptors (Lipinski definition) is 5. The van der Waals surface area contributed by atoms with E-state index in [1.807, 2.05) is 66.7 Å². The maximum Gasteiger partial charge on any atom is 0.164 e. The summed E-state index contributed by atoms with van der Waals surface area (Å²) in [5, 5.41) is 2.27. The summed E-state index contributed by atoms with van der Waals surface area (Å²) in [6.45, 7) is 0. The summed E-state index contributed by atoms with van der Waals surface area (Å²) < 4.78 is 0. The molecule has 0 aliphatic carbocycles. The molecule has 2 heterocycles. The standard InChI is InChI=1S/C35H23N5/c1-3-11-26(12-4-1)32-38-33(27-13-5-2-6-14-27)40-34(39-32)28-18-16-25(17-19-28)30-21-20-24-10-7-8-15-29(24)31(30)35-36-22-9-23-37-35/h1-23H. The van der Waals surface area contributed by atoms with Crippen LogP contribution in [0.15, 0.2) is 140 Å². The van der Waals surface area contributed by atoms with Gasteiger partial charge in [0.1, 0.15) is 0 Å². The lowest BCUT2D eigenvalue weighted by molar-refractivity contribution is 1.07. The Labute approximate surface area is 231 Å². The summed E-state index contributed by atoms with van der Waals surface area (Å²) in [6.07, 6.45) is 3.57. The highest BCUT2D eigenvalue weighted by molar-refractivity contribution is 6.02. The number of aromatic nitrogens is 5. The van der Waals surface area contributed by atoms with Crippen LogP contribution in [0.2, 0.25) is 0 Å². The maximum atomic E-state index is 4.87. The van der Waals surface area contributed by atoms with Crippen molar-refractivity contribution in [1.29, 1.82) is 0 Å². The SMILES string of the molecule is c1ccc(-c2nc(-c3ccccc3)nc(-c3ccc(-c4ccc5ccccc5c4-c4ncccn4)cc3)n2)cc1. The van der Waals surface area contributed by atoms with E-state index in [1.54, 1.807) is 12.4 Å². The van der Waals surface area contributed by atoms with E-state index in [0.29, 0.717) is 23.3 Å². The third kappa shape index (κ3) is 4.50. The average Bonchev–Trinajstić information content (AvgIpc) is 3.05. The summed E-state index contributed by atoms with van der Waals surface area (Å²) in [7, 11) is 0. The van der Waals surface area contributed by atoms with Crippen LogP contribution in [0.1, 0.15) is 0 Å². The molecule has 0 bridgehead atoms. The molecule has 188 valence electrons. The second kappa shape index (κ2) is 10.3. The smallest absolute Gasteiger partial charge is 0.164 e. The van der Waals surface area contributed by atoms with Gasteiger partial charge < -0.3 is 0 Å². The number of benzene rings is 5. The minimum absolute atomic E-state index is 0.629. The largest absolute Gasteiger partial charge is 0.237 e. The Kier molecular flexibility index (Phi) is 6.07. The molecule has 0 saturated heterocycles. The molecule has 0 spiro atoms. The van der Waals surface area contributed by atoms with Gasteiger partial charge in [-0.3, -0.25) is 0 Å². The summed E-state index contributed by atoms with van der Waals surface area (Å²) in [5.41, 5.74) is 5.97. The minimum Gasteiger partial charge on any atom is -0.237 e. The van der Waals surface area contributed by atoms with Crippen LogP contribution in [0.3, 0.4) is 0 Å². The molecule has 0 unspecified atom stereocenters. The van der Waals surface area contributed by atoms with E-state index in [-0.39, 0.29) is 0 Å². The molecule has 0 saturated carbocycles. The zero-order chi connectivity index (χ0) is 26.7. The van der Waals surface area contributed by atoms with Gasteiger partial charge in [0.25, 0.3) is 0 Å². The maximum absolute atomic E-state index is 4.87. The number of rotatable bonds is 5. The molecule has 7 rings (SSSR count). The van der Waals surface area contributed by atoms with Gasteiger partial charge in [0.05, 0.1) is 0 Å². The quantitative estimate of drug-likeness (QED) is 0.232. The van der Waals surface area contributed by atoms with Gasteiger partial charge in [-0.1, -0.05) is 121 Å². The van der Waals surface area contributed by atoms with Crippen molar-refractivity contribution in [2.45, 2.75) is 0 Å². The van der Waals surface area contributed by atoms with Crippen LogP contribution in [-0.4, -0.2) is 24.9 Å². The number of nitrogens with zero attached hydrogens (tertiary/aromatic N) is 5. The Balaban J connectivity index is 1.35. The van der Waals surface area contributed by atoms with E-state index in [4.69, 9.17) is 15.0 Å². The molecule has 0 amide bonds. The molecule has 0 aliphatic heterocycles. The van der Waals surface area contributed by atoms with Crippen LogP contribution in [-0.2, 0) is 0 Å². The van der Waals surface area contributed by atoms with Gasteiger partial charge in [0, 0.05) is 34.6 Å². The fourth-order valence-corrected chi connectivity index (χ4v) is 4.92. The Morgan fingerprint density at radius 1 is 0.350 bits per heavy atom. The van der Waals surface area contributed by atoms with E-state index in [1.165, 1.54) is 0 Å². The predicted octanol–water partition coefficient (Wildman–Crippen LogP) is 8.15. The third-order valence-electron chi connectivity index (χ3n) is 6.87. The monoisotopic (exact) mass is 513 g/mol. The first-order valence-corrected chi connectivity index (χ1v) is 13.1. The van der Waals surface area contributed by atoms with Crippen LogP contribution in [0.4, 0.5) is 0 Å². The van der Waals surface area contributed by atoms with Crippen LogP contribution in [0.25, 0.3) is 67.5 Å². The molecule has 7 aromatic rings. The molecule has 0 fully saturated rings. The van der Waals surface area contributed by atoms with Gasteiger partial charge in [-0.2, -0.15) is 0 Å². The van der Waals surface area contributed by atoms with Crippen molar-refractivity contribution in [3.05, 3.63) is 140 Å². The summed E-state index contributed by atoms with van der Waals surface area (Å²) in [4.78, 5) is 23.7. The fraction of sp³-hybridized carbons (Fsp3) is 0. The lowest BCUT2D eigenvalue weighted by Crippen LogP contribution is -2.00. The molecular formula is C35H23N5. The lowest BCUT2D eigenvalue weighted by atomic mass is 9.93. The molecule has 0 N–H and O–H groups in total. The topological polar surface area (TPSA) is 64.5 Å². The van der Waals surface area contributed by atoms with Crippen LogP contribution < -0.4 is 0 Å². The normalized spacial score (nSPS) is 11.0. The molecular weight excluding hydrogens is 490 g/mol. The van der Waals surface area contributed by atoms with Crippen molar-refractivity contribution in [2.24, 2.45) is 0 Å². The number of hydrogen-bond donors (Lipinski definition) is 0. The second-order valence-electron chi connectivity index (χ2n) is 9.40. The van der Waals surface area contributed by atoms with Crippen LogP contribution in [0, 0.1) is 0 Å². The van der Waals surface area contributed by atoms with E-state index in [9.17, 15) is 0 Å². The highest BCUT2D eigenvalue weighted by atomic mass is 15.0. The zero-order valence-electron chi connectivity index (χ0n) is 21.5. The first-order valence-electron chi connectivity index (χ1n) is 13.1. The van der Waals surface area contributed by atoms with Crippen molar-refractivity contribution in [2.75, 3.05) is 0 Å². The van der Waals surface area contributed by atoms with Gasteiger partial charge in [0.2, 0.25) is 0 Å². The number of fused-ring (bicyclic) bond motifs is 1. The molecule has 0 atom stereocenters.